The molecule has 0 saturated carbocycles. The second kappa shape index (κ2) is 7.59. The molecule has 2 heterocycles. The molecule has 1 fully saturated rings. The Kier molecular flexibility index (Phi) is 5.23. The minimum Gasteiger partial charge on any atom is -0.296 e. The summed E-state index contributed by atoms with van der Waals surface area (Å²) in [6.45, 7) is 6.25. The fourth-order valence-corrected chi connectivity index (χ4v) is 6.31. The van der Waals surface area contributed by atoms with Gasteiger partial charge >= 0.3 is 0 Å². The van der Waals surface area contributed by atoms with E-state index >= 15 is 0 Å². The first kappa shape index (κ1) is 20.7. The summed E-state index contributed by atoms with van der Waals surface area (Å²) in [5.74, 6) is -0.438. The molecule has 0 N–H and O–H groups in total. The molecule has 6 nitrogen and oxygen atoms in total. The van der Waals surface area contributed by atoms with Crippen molar-refractivity contribution < 1.29 is 12.8 Å². The molecule has 0 spiro atoms. The van der Waals surface area contributed by atoms with Gasteiger partial charge in [0.1, 0.15) is 5.82 Å². The van der Waals surface area contributed by atoms with Crippen molar-refractivity contribution in [2.75, 3.05) is 13.1 Å². The van der Waals surface area contributed by atoms with E-state index in [2.05, 4.69) is 4.98 Å². The van der Waals surface area contributed by atoms with E-state index in [4.69, 9.17) is 0 Å². The Labute approximate surface area is 175 Å². The highest BCUT2D eigenvalue weighted by Gasteiger charge is 2.32. The Balaban J connectivity index is 1.59. The van der Waals surface area contributed by atoms with E-state index in [1.807, 2.05) is 32.9 Å². The van der Waals surface area contributed by atoms with Gasteiger partial charge in [-0.25, -0.2) is 17.8 Å². The largest absolute Gasteiger partial charge is 0.296 e. The van der Waals surface area contributed by atoms with E-state index in [0.29, 0.717) is 41.7 Å². The molecule has 1 aliphatic rings. The standard InChI is InChI=1S/C22H24FN3O3S/c1-14-10-15(2)21(16(3)11-14)30(28,29)25-8-6-18(7-9-25)26-13-24-20-12-17(23)4-5-19(20)22(26)27/h4-5,10-13,18H,6-9H2,1-3H3. The molecule has 8 heteroatoms. The Hall–Kier alpha value is -2.58. The quantitative estimate of drug-likeness (QED) is 0.639. The highest BCUT2D eigenvalue weighted by Crippen LogP contribution is 2.30. The van der Waals surface area contributed by atoms with Crippen LogP contribution in [0.15, 0.2) is 46.3 Å². The van der Waals surface area contributed by atoms with Crippen molar-refractivity contribution >= 4 is 20.9 Å². The molecule has 2 aromatic carbocycles. The molecule has 0 bridgehead atoms. The van der Waals surface area contributed by atoms with Crippen LogP contribution in [0, 0.1) is 26.6 Å². The van der Waals surface area contributed by atoms with Crippen molar-refractivity contribution in [1.82, 2.24) is 13.9 Å². The average molecular weight is 430 g/mol. The number of fused-ring (bicyclic) bond motifs is 1. The Morgan fingerprint density at radius 1 is 1.03 bits per heavy atom. The van der Waals surface area contributed by atoms with Gasteiger partial charge in [0.15, 0.2) is 0 Å². The van der Waals surface area contributed by atoms with Gasteiger partial charge in [-0.1, -0.05) is 17.7 Å². The van der Waals surface area contributed by atoms with Crippen LogP contribution in [-0.4, -0.2) is 35.4 Å². The second-order valence-electron chi connectivity index (χ2n) is 7.98. The van der Waals surface area contributed by atoms with Crippen molar-refractivity contribution in [3.8, 4) is 0 Å². The molecule has 4 rings (SSSR count). The fourth-order valence-electron chi connectivity index (χ4n) is 4.43. The Morgan fingerprint density at radius 3 is 2.30 bits per heavy atom. The summed E-state index contributed by atoms with van der Waals surface area (Å²) < 4.78 is 43.0. The maximum absolute atomic E-state index is 13.4. The topological polar surface area (TPSA) is 72.3 Å². The number of hydrogen-bond donors (Lipinski definition) is 0. The first-order chi connectivity index (χ1) is 14.2. The first-order valence-corrected chi connectivity index (χ1v) is 11.4. The van der Waals surface area contributed by atoms with Gasteiger partial charge in [0.2, 0.25) is 10.0 Å². The molecule has 1 aliphatic heterocycles. The molecule has 158 valence electrons. The number of hydrogen-bond acceptors (Lipinski definition) is 4. The third-order valence-electron chi connectivity index (χ3n) is 5.77. The predicted octanol–water partition coefficient (Wildman–Crippen LogP) is 3.49. The number of aromatic nitrogens is 2. The molecule has 0 aliphatic carbocycles. The monoisotopic (exact) mass is 429 g/mol. The summed E-state index contributed by atoms with van der Waals surface area (Å²) in [4.78, 5) is 17.4. The van der Waals surface area contributed by atoms with Crippen molar-refractivity contribution in [3.63, 3.8) is 0 Å². The number of sulfonamides is 1. The van der Waals surface area contributed by atoms with Gasteiger partial charge in [-0.15, -0.1) is 0 Å². The lowest BCUT2D eigenvalue weighted by Gasteiger charge is -2.32. The van der Waals surface area contributed by atoms with Crippen LogP contribution in [0.4, 0.5) is 4.39 Å². The Morgan fingerprint density at radius 2 is 1.67 bits per heavy atom. The van der Waals surface area contributed by atoms with Crippen molar-refractivity contribution in [2.24, 2.45) is 0 Å². The Bertz CT molecular complexity index is 1270. The van der Waals surface area contributed by atoms with Gasteiger partial charge in [0.05, 0.1) is 22.1 Å². The molecule has 0 unspecified atom stereocenters. The van der Waals surface area contributed by atoms with Crippen molar-refractivity contribution in [3.05, 3.63) is 69.5 Å². The number of nitrogens with zero attached hydrogens (tertiary/aromatic N) is 3. The van der Waals surface area contributed by atoms with E-state index in [9.17, 15) is 17.6 Å². The number of rotatable bonds is 3. The number of piperidine rings is 1. The van der Waals surface area contributed by atoms with E-state index in [1.54, 1.807) is 4.57 Å². The zero-order valence-electron chi connectivity index (χ0n) is 17.2. The average Bonchev–Trinajstić information content (AvgIpc) is 2.67. The molecule has 0 atom stereocenters. The molecule has 0 radical (unpaired) electrons. The van der Waals surface area contributed by atoms with Crippen LogP contribution in [0.5, 0.6) is 0 Å². The molecule has 0 amide bonds. The summed E-state index contributed by atoms with van der Waals surface area (Å²) in [5.41, 5.74) is 2.62. The molecule has 3 aromatic rings. The minimum atomic E-state index is -3.61. The normalized spacial score (nSPS) is 16.3. The van der Waals surface area contributed by atoms with Crippen LogP contribution in [0.1, 0.15) is 35.6 Å². The van der Waals surface area contributed by atoms with Gasteiger partial charge in [-0.05, 0) is 56.9 Å². The van der Waals surface area contributed by atoms with Crippen LogP contribution in [0.3, 0.4) is 0 Å². The maximum Gasteiger partial charge on any atom is 0.261 e. The van der Waals surface area contributed by atoms with Crippen molar-refractivity contribution in [2.45, 2.75) is 44.6 Å². The number of halogens is 1. The fraction of sp³-hybridized carbons (Fsp3) is 0.364. The summed E-state index contributed by atoms with van der Waals surface area (Å²) in [6, 6.07) is 7.55. The third-order valence-corrected chi connectivity index (χ3v) is 7.97. The molecular weight excluding hydrogens is 405 g/mol. The summed E-state index contributed by atoms with van der Waals surface area (Å²) in [7, 11) is -3.61. The van der Waals surface area contributed by atoms with E-state index in [-0.39, 0.29) is 11.6 Å². The molecular formula is C22H24FN3O3S. The van der Waals surface area contributed by atoms with Gasteiger partial charge in [-0.3, -0.25) is 9.36 Å². The lowest BCUT2D eigenvalue weighted by Crippen LogP contribution is -2.41. The smallest absolute Gasteiger partial charge is 0.261 e. The van der Waals surface area contributed by atoms with Gasteiger partial charge in [0, 0.05) is 25.2 Å². The predicted molar refractivity (Wildman–Crippen MR) is 114 cm³/mol. The minimum absolute atomic E-state index is 0.147. The van der Waals surface area contributed by atoms with Crippen LogP contribution in [-0.2, 0) is 10.0 Å². The highest BCUT2D eigenvalue weighted by atomic mass is 32.2. The lowest BCUT2D eigenvalue weighted by atomic mass is 10.1. The third kappa shape index (κ3) is 3.54. The first-order valence-electron chi connectivity index (χ1n) is 9.93. The van der Waals surface area contributed by atoms with Gasteiger partial charge in [0.25, 0.3) is 5.56 Å². The van der Waals surface area contributed by atoms with Gasteiger partial charge < -0.3 is 0 Å². The van der Waals surface area contributed by atoms with Crippen LogP contribution >= 0.6 is 0 Å². The van der Waals surface area contributed by atoms with Crippen LogP contribution in [0.2, 0.25) is 0 Å². The van der Waals surface area contributed by atoms with E-state index < -0.39 is 15.8 Å². The molecule has 1 aromatic heterocycles. The van der Waals surface area contributed by atoms with E-state index in [1.165, 1.54) is 28.8 Å². The van der Waals surface area contributed by atoms with Crippen LogP contribution in [0.25, 0.3) is 10.9 Å². The lowest BCUT2D eigenvalue weighted by molar-refractivity contribution is 0.269. The van der Waals surface area contributed by atoms with Crippen LogP contribution < -0.4 is 5.56 Å². The summed E-state index contributed by atoms with van der Waals surface area (Å²) in [5, 5.41) is 0.361. The summed E-state index contributed by atoms with van der Waals surface area (Å²) in [6.07, 6.45) is 2.46. The summed E-state index contributed by atoms with van der Waals surface area (Å²) >= 11 is 0. The number of benzene rings is 2. The molecule has 30 heavy (non-hydrogen) atoms. The highest BCUT2D eigenvalue weighted by molar-refractivity contribution is 7.89. The maximum atomic E-state index is 13.4. The second-order valence-corrected chi connectivity index (χ2v) is 9.86. The van der Waals surface area contributed by atoms with Gasteiger partial charge in [-0.2, -0.15) is 4.31 Å². The zero-order chi connectivity index (χ0) is 21.6. The van der Waals surface area contributed by atoms with Crippen molar-refractivity contribution in [1.29, 1.82) is 0 Å². The van der Waals surface area contributed by atoms with E-state index in [0.717, 1.165) is 16.7 Å². The molecule has 1 saturated heterocycles. The zero-order valence-corrected chi connectivity index (χ0v) is 18.0. The SMILES string of the molecule is Cc1cc(C)c(S(=O)(=O)N2CCC(n3cnc4cc(F)ccc4c3=O)CC2)c(C)c1. The number of aryl methyl sites for hydroxylation is 3.